The molecule has 1 heterocycles. The lowest BCUT2D eigenvalue weighted by Crippen LogP contribution is -2.21. The SMILES string of the molecule is COc1ncnc(OC2CCCCC2)c1N. The molecule has 0 saturated heterocycles. The molecule has 2 N–H and O–H groups in total. The number of ether oxygens (including phenoxy) is 2. The van der Waals surface area contributed by atoms with Crippen LogP contribution in [0, 0.1) is 0 Å². The van der Waals surface area contributed by atoms with Gasteiger partial charge in [0, 0.05) is 0 Å². The van der Waals surface area contributed by atoms with Crippen LogP contribution in [0.2, 0.25) is 0 Å². The molecule has 0 unspecified atom stereocenters. The zero-order valence-corrected chi connectivity index (χ0v) is 9.48. The van der Waals surface area contributed by atoms with Crippen molar-refractivity contribution in [3.63, 3.8) is 0 Å². The van der Waals surface area contributed by atoms with E-state index in [0.29, 0.717) is 17.4 Å². The number of aromatic nitrogens is 2. The van der Waals surface area contributed by atoms with Gasteiger partial charge >= 0.3 is 0 Å². The van der Waals surface area contributed by atoms with E-state index in [1.165, 1.54) is 32.7 Å². The fraction of sp³-hybridized carbons (Fsp3) is 0.636. The molecule has 16 heavy (non-hydrogen) atoms. The van der Waals surface area contributed by atoms with Crippen molar-refractivity contribution in [2.24, 2.45) is 0 Å². The van der Waals surface area contributed by atoms with Crippen LogP contribution in [0.5, 0.6) is 11.8 Å². The number of hydrogen-bond acceptors (Lipinski definition) is 5. The van der Waals surface area contributed by atoms with E-state index in [9.17, 15) is 0 Å². The summed E-state index contributed by atoms with van der Waals surface area (Å²) in [7, 11) is 1.53. The Labute approximate surface area is 95.0 Å². The fourth-order valence-corrected chi connectivity index (χ4v) is 1.96. The number of nitrogens with zero attached hydrogens (tertiary/aromatic N) is 2. The maximum atomic E-state index is 5.84. The number of methoxy groups -OCH3 is 1. The van der Waals surface area contributed by atoms with Crippen LogP contribution in [0.1, 0.15) is 32.1 Å². The van der Waals surface area contributed by atoms with Crippen LogP contribution in [0.4, 0.5) is 5.69 Å². The Morgan fingerprint density at radius 1 is 1.19 bits per heavy atom. The summed E-state index contributed by atoms with van der Waals surface area (Å²) in [5, 5.41) is 0. The van der Waals surface area contributed by atoms with Gasteiger partial charge < -0.3 is 15.2 Å². The molecule has 2 rings (SSSR count). The lowest BCUT2D eigenvalue weighted by Gasteiger charge is -2.22. The Hall–Kier alpha value is -1.52. The molecular weight excluding hydrogens is 206 g/mol. The van der Waals surface area contributed by atoms with Crippen LogP contribution in [0.25, 0.3) is 0 Å². The maximum Gasteiger partial charge on any atom is 0.244 e. The summed E-state index contributed by atoms with van der Waals surface area (Å²) in [6.45, 7) is 0. The van der Waals surface area contributed by atoms with Crippen molar-refractivity contribution in [2.75, 3.05) is 12.8 Å². The summed E-state index contributed by atoms with van der Waals surface area (Å²) in [6, 6.07) is 0. The van der Waals surface area contributed by atoms with E-state index in [0.717, 1.165) is 12.8 Å². The minimum Gasteiger partial charge on any atom is -0.479 e. The minimum absolute atomic E-state index is 0.232. The van der Waals surface area contributed by atoms with Crippen LogP contribution in [-0.4, -0.2) is 23.2 Å². The predicted octanol–water partition coefficient (Wildman–Crippen LogP) is 1.78. The van der Waals surface area contributed by atoms with Gasteiger partial charge in [-0.25, -0.2) is 0 Å². The number of hydrogen-bond donors (Lipinski definition) is 1. The zero-order valence-electron chi connectivity index (χ0n) is 9.48. The molecule has 0 atom stereocenters. The Morgan fingerprint density at radius 2 is 1.88 bits per heavy atom. The van der Waals surface area contributed by atoms with E-state index in [2.05, 4.69) is 9.97 Å². The van der Waals surface area contributed by atoms with Crippen molar-refractivity contribution in [3.05, 3.63) is 6.33 Å². The largest absolute Gasteiger partial charge is 0.479 e. The molecule has 0 bridgehead atoms. The maximum absolute atomic E-state index is 5.84. The summed E-state index contributed by atoms with van der Waals surface area (Å²) >= 11 is 0. The van der Waals surface area contributed by atoms with Gasteiger partial charge in [0.2, 0.25) is 11.8 Å². The topological polar surface area (TPSA) is 70.3 Å². The van der Waals surface area contributed by atoms with Gasteiger partial charge in [0.1, 0.15) is 12.4 Å². The average Bonchev–Trinajstić information content (AvgIpc) is 2.33. The lowest BCUT2D eigenvalue weighted by atomic mass is 9.98. The molecule has 1 aromatic rings. The van der Waals surface area contributed by atoms with Crippen LogP contribution in [0.15, 0.2) is 6.33 Å². The third-order valence-electron chi connectivity index (χ3n) is 2.83. The lowest BCUT2D eigenvalue weighted by molar-refractivity contribution is 0.149. The zero-order chi connectivity index (χ0) is 11.4. The van der Waals surface area contributed by atoms with Crippen molar-refractivity contribution in [2.45, 2.75) is 38.2 Å². The van der Waals surface area contributed by atoms with E-state index >= 15 is 0 Å². The molecule has 0 spiro atoms. The Bertz CT molecular complexity index is 351. The highest BCUT2D eigenvalue weighted by Gasteiger charge is 2.18. The Kier molecular flexibility index (Phi) is 3.44. The molecule has 1 aliphatic rings. The highest BCUT2D eigenvalue weighted by atomic mass is 16.5. The van der Waals surface area contributed by atoms with Gasteiger partial charge in [0.05, 0.1) is 7.11 Å². The molecule has 1 fully saturated rings. The quantitative estimate of drug-likeness (QED) is 0.845. The van der Waals surface area contributed by atoms with Gasteiger partial charge in [-0.15, -0.1) is 0 Å². The van der Waals surface area contributed by atoms with E-state index in [1.807, 2.05) is 0 Å². The molecule has 0 aliphatic heterocycles. The fourth-order valence-electron chi connectivity index (χ4n) is 1.96. The summed E-state index contributed by atoms with van der Waals surface area (Å²) < 4.78 is 10.8. The molecule has 88 valence electrons. The molecular formula is C11H17N3O2. The molecule has 0 aromatic carbocycles. The van der Waals surface area contributed by atoms with Gasteiger partial charge in [-0.1, -0.05) is 6.42 Å². The molecule has 1 aliphatic carbocycles. The van der Waals surface area contributed by atoms with Crippen LogP contribution in [0.3, 0.4) is 0 Å². The van der Waals surface area contributed by atoms with E-state index < -0.39 is 0 Å². The minimum atomic E-state index is 0.232. The first-order valence-electron chi connectivity index (χ1n) is 5.62. The smallest absolute Gasteiger partial charge is 0.244 e. The predicted molar refractivity (Wildman–Crippen MR) is 60.5 cm³/mol. The molecule has 5 nitrogen and oxygen atoms in total. The monoisotopic (exact) mass is 223 g/mol. The number of nitrogen functional groups attached to an aromatic ring is 1. The van der Waals surface area contributed by atoms with Crippen molar-refractivity contribution < 1.29 is 9.47 Å². The second-order valence-corrected chi connectivity index (χ2v) is 3.98. The van der Waals surface area contributed by atoms with Gasteiger partial charge in [-0.3, -0.25) is 0 Å². The first-order valence-corrected chi connectivity index (χ1v) is 5.62. The van der Waals surface area contributed by atoms with Crippen molar-refractivity contribution in [1.82, 2.24) is 9.97 Å². The van der Waals surface area contributed by atoms with Crippen LogP contribution >= 0.6 is 0 Å². The van der Waals surface area contributed by atoms with Crippen LogP contribution in [-0.2, 0) is 0 Å². The van der Waals surface area contributed by atoms with Crippen molar-refractivity contribution in [3.8, 4) is 11.8 Å². The molecule has 0 amide bonds. The third-order valence-corrected chi connectivity index (χ3v) is 2.83. The van der Waals surface area contributed by atoms with Crippen molar-refractivity contribution in [1.29, 1.82) is 0 Å². The molecule has 0 radical (unpaired) electrons. The first kappa shape index (κ1) is 11.0. The molecule has 5 heteroatoms. The highest BCUT2D eigenvalue weighted by molar-refractivity contribution is 5.55. The van der Waals surface area contributed by atoms with E-state index in [-0.39, 0.29) is 6.10 Å². The third kappa shape index (κ3) is 2.35. The number of rotatable bonds is 3. The van der Waals surface area contributed by atoms with Crippen molar-refractivity contribution >= 4 is 5.69 Å². The normalized spacial score (nSPS) is 17.1. The summed E-state index contributed by atoms with van der Waals surface area (Å²) in [5.41, 5.74) is 6.22. The summed E-state index contributed by atoms with van der Waals surface area (Å²) in [4.78, 5) is 7.95. The summed E-state index contributed by atoms with van der Waals surface area (Å²) in [5.74, 6) is 0.819. The van der Waals surface area contributed by atoms with E-state index in [1.54, 1.807) is 0 Å². The molecule has 1 aromatic heterocycles. The average molecular weight is 223 g/mol. The van der Waals surface area contributed by atoms with Crippen LogP contribution < -0.4 is 15.2 Å². The Balaban J connectivity index is 2.08. The van der Waals surface area contributed by atoms with Gasteiger partial charge in [-0.2, -0.15) is 9.97 Å². The van der Waals surface area contributed by atoms with Gasteiger partial charge in [0.15, 0.2) is 5.69 Å². The highest BCUT2D eigenvalue weighted by Crippen LogP contribution is 2.29. The standard InChI is InChI=1S/C11H17N3O2/c1-15-10-9(12)11(14-7-13-10)16-8-5-3-2-4-6-8/h7-8H,2-6,12H2,1H3. The Morgan fingerprint density at radius 3 is 2.56 bits per heavy atom. The second-order valence-electron chi connectivity index (χ2n) is 3.98. The van der Waals surface area contributed by atoms with E-state index in [4.69, 9.17) is 15.2 Å². The second kappa shape index (κ2) is 5.01. The molecule has 1 saturated carbocycles. The first-order chi connectivity index (χ1) is 7.81. The summed E-state index contributed by atoms with van der Waals surface area (Å²) in [6.07, 6.45) is 7.52. The number of nitrogens with two attached hydrogens (primary N) is 1. The van der Waals surface area contributed by atoms with Gasteiger partial charge in [-0.05, 0) is 25.7 Å². The van der Waals surface area contributed by atoms with Gasteiger partial charge in [0.25, 0.3) is 0 Å². The number of anilines is 1.